The van der Waals surface area contributed by atoms with Gasteiger partial charge in [-0.05, 0) is 12.8 Å². The molecule has 108 valence electrons. The van der Waals surface area contributed by atoms with Crippen LogP contribution in [-0.4, -0.2) is 28.2 Å². The molecule has 0 spiro atoms. The predicted molar refractivity (Wildman–Crippen MR) is 82.5 cm³/mol. The minimum absolute atomic E-state index is 0.164. The summed E-state index contributed by atoms with van der Waals surface area (Å²) in [7, 11) is 0. The van der Waals surface area contributed by atoms with Crippen LogP contribution in [0.4, 0.5) is 5.82 Å². The van der Waals surface area contributed by atoms with Crippen molar-refractivity contribution in [2.45, 2.75) is 38.3 Å². The maximum Gasteiger partial charge on any atom is 0.210 e. The van der Waals surface area contributed by atoms with E-state index in [0.29, 0.717) is 17.5 Å². The van der Waals surface area contributed by atoms with Crippen molar-refractivity contribution in [1.29, 1.82) is 5.26 Å². The van der Waals surface area contributed by atoms with Crippen LogP contribution in [0.25, 0.3) is 0 Å². The van der Waals surface area contributed by atoms with Gasteiger partial charge < -0.3 is 5.73 Å². The molecule has 0 atom stereocenters. The highest BCUT2D eigenvalue weighted by Crippen LogP contribution is 2.18. The highest BCUT2D eigenvalue weighted by molar-refractivity contribution is 7.99. The number of thioether (sulfide) groups is 1. The van der Waals surface area contributed by atoms with Crippen LogP contribution in [0.3, 0.4) is 0 Å². The van der Waals surface area contributed by atoms with Crippen molar-refractivity contribution >= 4 is 23.5 Å². The van der Waals surface area contributed by atoms with Gasteiger partial charge in [-0.25, -0.2) is 9.97 Å². The van der Waals surface area contributed by atoms with Gasteiger partial charge in [-0.1, -0.05) is 32.0 Å². The quantitative estimate of drug-likeness (QED) is 0.158. The van der Waals surface area contributed by atoms with Gasteiger partial charge in [0.2, 0.25) is 5.96 Å². The molecule has 1 heterocycles. The van der Waals surface area contributed by atoms with Crippen LogP contribution < -0.4 is 10.6 Å². The first kappa shape index (κ1) is 16.2. The van der Waals surface area contributed by atoms with Crippen molar-refractivity contribution in [3.05, 3.63) is 12.3 Å². The number of hydrogen-bond donors (Lipinski definition) is 1. The molecule has 0 aliphatic heterocycles. The number of hydrogen-bond acceptors (Lipinski definition) is 5. The van der Waals surface area contributed by atoms with Crippen LogP contribution in [0.15, 0.2) is 22.4 Å². The average Bonchev–Trinajstić information content (AvgIpc) is 2.46. The smallest absolute Gasteiger partial charge is 0.210 e. The molecule has 0 aromatic carbocycles. The van der Waals surface area contributed by atoms with Crippen molar-refractivity contribution in [3.8, 4) is 6.19 Å². The lowest BCUT2D eigenvalue weighted by Gasteiger charge is -2.13. The number of nitrogens with two attached hydrogens (primary N) is 1. The normalized spacial score (nSPS) is 11.2. The molecule has 7 heteroatoms. The van der Waals surface area contributed by atoms with Gasteiger partial charge in [0.1, 0.15) is 0 Å². The maximum absolute atomic E-state index is 9.20. The van der Waals surface area contributed by atoms with E-state index in [-0.39, 0.29) is 5.96 Å². The summed E-state index contributed by atoms with van der Waals surface area (Å²) in [5.41, 5.74) is 5.80. The van der Waals surface area contributed by atoms with Crippen molar-refractivity contribution in [1.82, 2.24) is 9.97 Å². The predicted octanol–water partition coefficient (Wildman–Crippen LogP) is 2.38. The van der Waals surface area contributed by atoms with E-state index in [1.807, 2.05) is 13.1 Å². The molecule has 0 fully saturated rings. The Morgan fingerprint density at radius 2 is 2.30 bits per heavy atom. The number of anilines is 1. The summed E-state index contributed by atoms with van der Waals surface area (Å²) in [5.74, 6) is 1.59. The summed E-state index contributed by atoms with van der Waals surface area (Å²) in [4.78, 5) is 13.9. The van der Waals surface area contributed by atoms with Gasteiger partial charge in [0, 0.05) is 24.6 Å². The summed E-state index contributed by atoms with van der Waals surface area (Å²) in [5, 5.41) is 9.85. The van der Waals surface area contributed by atoms with Crippen LogP contribution in [-0.2, 0) is 0 Å². The summed E-state index contributed by atoms with van der Waals surface area (Å²) in [6.07, 6.45) is 6.75. The molecule has 1 rings (SSSR count). The zero-order valence-electron chi connectivity index (χ0n) is 11.9. The molecule has 1 aromatic rings. The molecule has 0 saturated heterocycles. The summed E-state index contributed by atoms with van der Waals surface area (Å²) < 4.78 is 0. The molecule has 2 N–H and O–H groups in total. The molecule has 6 nitrogen and oxygen atoms in total. The standard InChI is InChI=1S/C13H20N6S/c1-3-5-9-20-13-17-8-6-11(18-13)19(10-14)12(15)16-7-4-2/h6,8H,3-5,7,9H2,1-2H3,(H2,15,16). The molecule has 0 aliphatic carbocycles. The zero-order valence-corrected chi connectivity index (χ0v) is 12.7. The van der Waals surface area contributed by atoms with Crippen molar-refractivity contribution < 1.29 is 0 Å². The zero-order chi connectivity index (χ0) is 14.8. The second-order valence-electron chi connectivity index (χ2n) is 4.07. The molecule has 0 bridgehead atoms. The highest BCUT2D eigenvalue weighted by Gasteiger charge is 2.12. The number of rotatable bonds is 7. The second kappa shape index (κ2) is 9.15. The van der Waals surface area contributed by atoms with Crippen LogP contribution in [0, 0.1) is 11.5 Å². The first-order valence-corrected chi connectivity index (χ1v) is 7.67. The number of nitrogens with zero attached hydrogens (tertiary/aromatic N) is 5. The maximum atomic E-state index is 9.20. The lowest BCUT2D eigenvalue weighted by molar-refractivity contribution is 0.886. The van der Waals surface area contributed by atoms with Gasteiger partial charge in [-0.15, -0.1) is 0 Å². The summed E-state index contributed by atoms with van der Waals surface area (Å²) in [6.45, 7) is 4.73. The Balaban J connectivity index is 2.83. The molecular formula is C13H20N6S. The molecule has 20 heavy (non-hydrogen) atoms. The fourth-order valence-electron chi connectivity index (χ4n) is 1.35. The SMILES string of the molecule is CCCCSc1nccc(N(C#N)C(N)=NCCC)n1. The van der Waals surface area contributed by atoms with E-state index >= 15 is 0 Å². The van der Waals surface area contributed by atoms with Crippen molar-refractivity contribution in [3.63, 3.8) is 0 Å². The summed E-state index contributed by atoms with van der Waals surface area (Å²) in [6, 6.07) is 1.65. The van der Waals surface area contributed by atoms with E-state index < -0.39 is 0 Å². The third-order valence-electron chi connectivity index (χ3n) is 2.40. The third-order valence-corrected chi connectivity index (χ3v) is 3.35. The number of guanidine groups is 1. The van der Waals surface area contributed by atoms with Gasteiger partial charge in [-0.2, -0.15) is 10.2 Å². The van der Waals surface area contributed by atoms with Crippen LogP contribution in [0.5, 0.6) is 0 Å². The Labute approximate surface area is 124 Å². The second-order valence-corrected chi connectivity index (χ2v) is 5.14. The first-order valence-electron chi connectivity index (χ1n) is 6.68. The summed E-state index contributed by atoms with van der Waals surface area (Å²) >= 11 is 1.58. The lowest BCUT2D eigenvalue weighted by Crippen LogP contribution is -2.34. The van der Waals surface area contributed by atoms with Crippen LogP contribution in [0.1, 0.15) is 33.1 Å². The highest BCUT2D eigenvalue weighted by atomic mass is 32.2. The Hall–Kier alpha value is -1.81. The largest absolute Gasteiger partial charge is 0.369 e. The molecule has 1 aromatic heterocycles. The van der Waals surface area contributed by atoms with Crippen LogP contribution in [0.2, 0.25) is 0 Å². The van der Waals surface area contributed by atoms with E-state index in [1.54, 1.807) is 24.0 Å². The molecule has 0 radical (unpaired) electrons. The minimum atomic E-state index is 0.164. The number of aromatic nitrogens is 2. The number of unbranched alkanes of at least 4 members (excludes halogenated alkanes) is 1. The van der Waals surface area contributed by atoms with E-state index in [1.165, 1.54) is 4.90 Å². The fraction of sp³-hybridized carbons (Fsp3) is 0.538. The topological polar surface area (TPSA) is 91.2 Å². The molecule has 0 amide bonds. The fourth-order valence-corrected chi connectivity index (χ4v) is 2.26. The number of aliphatic imine (C=N–C) groups is 1. The third kappa shape index (κ3) is 5.05. The van der Waals surface area contributed by atoms with Crippen LogP contribution >= 0.6 is 11.8 Å². The van der Waals surface area contributed by atoms with E-state index in [4.69, 9.17) is 5.73 Å². The first-order chi connectivity index (χ1) is 9.72. The Morgan fingerprint density at radius 1 is 1.50 bits per heavy atom. The molecule has 0 saturated carbocycles. The Kier molecular flexibility index (Phi) is 7.43. The molecular weight excluding hydrogens is 272 g/mol. The van der Waals surface area contributed by atoms with Crippen molar-refractivity contribution in [2.75, 3.05) is 17.2 Å². The average molecular weight is 292 g/mol. The van der Waals surface area contributed by atoms with E-state index in [0.717, 1.165) is 25.0 Å². The molecule has 0 unspecified atom stereocenters. The van der Waals surface area contributed by atoms with E-state index in [2.05, 4.69) is 21.9 Å². The Morgan fingerprint density at radius 3 is 2.95 bits per heavy atom. The van der Waals surface area contributed by atoms with Gasteiger partial charge in [0.05, 0.1) is 0 Å². The molecule has 0 aliphatic rings. The minimum Gasteiger partial charge on any atom is -0.369 e. The monoisotopic (exact) mass is 292 g/mol. The van der Waals surface area contributed by atoms with Gasteiger partial charge >= 0.3 is 0 Å². The van der Waals surface area contributed by atoms with Crippen molar-refractivity contribution in [2.24, 2.45) is 10.7 Å². The van der Waals surface area contributed by atoms with Gasteiger partial charge in [0.25, 0.3) is 0 Å². The Bertz CT molecular complexity index is 482. The van der Waals surface area contributed by atoms with E-state index in [9.17, 15) is 5.26 Å². The van der Waals surface area contributed by atoms with Gasteiger partial charge in [0.15, 0.2) is 17.2 Å². The lowest BCUT2D eigenvalue weighted by atomic mass is 10.4. The number of nitriles is 1. The van der Waals surface area contributed by atoms with Gasteiger partial charge in [-0.3, -0.25) is 4.99 Å².